The highest BCUT2D eigenvalue weighted by Crippen LogP contribution is 2.49. The molecule has 2 heteroatoms. The number of hydrogen-bond acceptors (Lipinski definition) is 1. The molecule has 2 rings (SSSR count). The van der Waals surface area contributed by atoms with Crippen LogP contribution in [0.2, 0.25) is 0 Å². The van der Waals surface area contributed by atoms with E-state index in [0.717, 1.165) is 30.6 Å². The first-order valence-electron chi connectivity index (χ1n) is 7.46. The molecule has 1 amide bonds. The molecule has 2 bridgehead atoms. The topological polar surface area (TPSA) is 29.1 Å². The van der Waals surface area contributed by atoms with E-state index in [1.54, 1.807) is 0 Å². The maximum Gasteiger partial charge on any atom is 0.223 e. The number of hydrogen-bond donors (Lipinski definition) is 1. The summed E-state index contributed by atoms with van der Waals surface area (Å²) in [4.78, 5) is 12.1. The normalized spacial score (nSPS) is 33.1. The molecular formula is C15H27NO. The van der Waals surface area contributed by atoms with Crippen LogP contribution >= 0.6 is 0 Å². The Kier molecular flexibility index (Phi) is 4.11. The first kappa shape index (κ1) is 12.9. The van der Waals surface area contributed by atoms with Crippen LogP contribution in [0.1, 0.15) is 59.3 Å². The van der Waals surface area contributed by atoms with Crippen molar-refractivity contribution in [1.29, 1.82) is 0 Å². The molecule has 4 atom stereocenters. The molecule has 0 radical (unpaired) electrons. The van der Waals surface area contributed by atoms with Crippen LogP contribution < -0.4 is 5.32 Å². The summed E-state index contributed by atoms with van der Waals surface area (Å²) in [6, 6.07) is 0.387. The van der Waals surface area contributed by atoms with Crippen LogP contribution in [0.25, 0.3) is 0 Å². The van der Waals surface area contributed by atoms with Crippen molar-refractivity contribution >= 4 is 5.91 Å². The molecular weight excluding hydrogens is 210 g/mol. The van der Waals surface area contributed by atoms with Crippen molar-refractivity contribution in [3.63, 3.8) is 0 Å². The quantitative estimate of drug-likeness (QED) is 0.780. The van der Waals surface area contributed by atoms with Gasteiger partial charge in [-0.05, 0) is 56.8 Å². The van der Waals surface area contributed by atoms with Gasteiger partial charge in [-0.15, -0.1) is 0 Å². The minimum absolute atomic E-state index is 0.219. The molecule has 98 valence electrons. The maximum absolute atomic E-state index is 12.1. The first-order chi connectivity index (χ1) is 8.15. The van der Waals surface area contributed by atoms with Crippen molar-refractivity contribution in [2.45, 2.75) is 65.3 Å². The average molecular weight is 237 g/mol. The second kappa shape index (κ2) is 5.41. The average Bonchev–Trinajstić information content (AvgIpc) is 2.92. The van der Waals surface area contributed by atoms with Gasteiger partial charge in [-0.1, -0.05) is 20.3 Å². The van der Waals surface area contributed by atoms with Gasteiger partial charge in [0.1, 0.15) is 0 Å². The molecule has 0 heterocycles. The van der Waals surface area contributed by atoms with E-state index in [4.69, 9.17) is 0 Å². The number of carbonyl (C=O) groups is 1. The Balaban J connectivity index is 1.84. The molecule has 0 spiro atoms. The molecule has 0 aliphatic heterocycles. The summed E-state index contributed by atoms with van der Waals surface area (Å²) in [5.74, 6) is 3.13. The Bertz CT molecular complexity index is 272. The van der Waals surface area contributed by atoms with Crippen LogP contribution in [-0.2, 0) is 4.79 Å². The van der Waals surface area contributed by atoms with Crippen molar-refractivity contribution < 1.29 is 4.79 Å². The Morgan fingerprint density at radius 3 is 2.41 bits per heavy atom. The molecule has 1 N–H and O–H groups in total. The number of amides is 1. The molecule has 0 aromatic heterocycles. The predicted octanol–water partition coefficient (Wildman–Crippen LogP) is 3.36. The van der Waals surface area contributed by atoms with E-state index < -0.39 is 0 Å². The van der Waals surface area contributed by atoms with E-state index in [2.05, 4.69) is 26.1 Å². The zero-order valence-corrected chi connectivity index (χ0v) is 11.5. The first-order valence-corrected chi connectivity index (χ1v) is 7.46. The summed E-state index contributed by atoms with van der Waals surface area (Å²) >= 11 is 0. The van der Waals surface area contributed by atoms with Crippen LogP contribution in [0.3, 0.4) is 0 Å². The minimum Gasteiger partial charge on any atom is -0.353 e. The summed E-state index contributed by atoms with van der Waals surface area (Å²) in [6.07, 6.45) is 7.55. The Morgan fingerprint density at radius 2 is 1.94 bits per heavy atom. The molecule has 2 nitrogen and oxygen atoms in total. The zero-order valence-electron chi connectivity index (χ0n) is 11.5. The zero-order chi connectivity index (χ0) is 12.4. The highest BCUT2D eigenvalue weighted by molar-refractivity contribution is 5.78. The van der Waals surface area contributed by atoms with Gasteiger partial charge in [-0.2, -0.15) is 0 Å². The third-order valence-electron chi connectivity index (χ3n) is 5.16. The largest absolute Gasteiger partial charge is 0.353 e. The van der Waals surface area contributed by atoms with Gasteiger partial charge in [0.25, 0.3) is 0 Å². The van der Waals surface area contributed by atoms with E-state index in [9.17, 15) is 4.79 Å². The standard InChI is InChI=1S/C15H27NO/c1-4-12(5-2)15(17)16-10(3)14-9-11-6-7-13(14)8-11/h10-14H,4-9H2,1-3H3,(H,16,17)/t10-,11+,13+,14-/m1/s1. The fourth-order valence-corrected chi connectivity index (χ4v) is 4.02. The van der Waals surface area contributed by atoms with Crippen LogP contribution in [0.15, 0.2) is 0 Å². The molecule has 2 aliphatic carbocycles. The molecule has 2 fully saturated rings. The van der Waals surface area contributed by atoms with E-state index in [-0.39, 0.29) is 11.8 Å². The lowest BCUT2D eigenvalue weighted by atomic mass is 9.83. The van der Waals surface area contributed by atoms with E-state index >= 15 is 0 Å². The van der Waals surface area contributed by atoms with Crippen molar-refractivity contribution in [2.24, 2.45) is 23.7 Å². The molecule has 2 saturated carbocycles. The van der Waals surface area contributed by atoms with E-state index in [0.29, 0.717) is 6.04 Å². The summed E-state index contributed by atoms with van der Waals surface area (Å²) in [6.45, 7) is 6.43. The number of nitrogens with one attached hydrogen (secondary N) is 1. The van der Waals surface area contributed by atoms with Gasteiger partial charge in [0, 0.05) is 12.0 Å². The summed E-state index contributed by atoms with van der Waals surface area (Å²) < 4.78 is 0. The van der Waals surface area contributed by atoms with Gasteiger partial charge in [-0.25, -0.2) is 0 Å². The molecule has 0 unspecified atom stereocenters. The second-order valence-electron chi connectivity index (χ2n) is 6.15. The van der Waals surface area contributed by atoms with Gasteiger partial charge in [-0.3, -0.25) is 4.79 Å². The molecule has 17 heavy (non-hydrogen) atoms. The van der Waals surface area contributed by atoms with Gasteiger partial charge in [0.2, 0.25) is 5.91 Å². The third kappa shape index (κ3) is 2.66. The van der Waals surface area contributed by atoms with Gasteiger partial charge in [0.05, 0.1) is 0 Å². The van der Waals surface area contributed by atoms with Crippen LogP contribution in [0, 0.1) is 23.7 Å². The number of rotatable bonds is 5. The minimum atomic E-state index is 0.219. The Morgan fingerprint density at radius 1 is 1.24 bits per heavy atom. The number of carbonyl (C=O) groups excluding carboxylic acids is 1. The molecule has 0 aromatic rings. The van der Waals surface area contributed by atoms with Crippen LogP contribution in [-0.4, -0.2) is 11.9 Å². The monoisotopic (exact) mass is 237 g/mol. The molecule has 0 aromatic carbocycles. The van der Waals surface area contributed by atoms with Crippen LogP contribution in [0.4, 0.5) is 0 Å². The van der Waals surface area contributed by atoms with Crippen molar-refractivity contribution in [2.75, 3.05) is 0 Å². The summed E-state index contributed by atoms with van der Waals surface area (Å²) in [5.41, 5.74) is 0. The maximum atomic E-state index is 12.1. The molecule has 0 saturated heterocycles. The lowest BCUT2D eigenvalue weighted by Crippen LogP contribution is -2.42. The van der Waals surface area contributed by atoms with Crippen LogP contribution in [0.5, 0.6) is 0 Å². The summed E-state index contributed by atoms with van der Waals surface area (Å²) in [5, 5.41) is 3.27. The van der Waals surface area contributed by atoms with Crippen molar-refractivity contribution in [3.05, 3.63) is 0 Å². The molecule has 2 aliphatic rings. The fraction of sp³-hybridized carbons (Fsp3) is 0.933. The van der Waals surface area contributed by atoms with Crippen molar-refractivity contribution in [1.82, 2.24) is 5.32 Å². The predicted molar refractivity (Wildman–Crippen MR) is 70.6 cm³/mol. The second-order valence-corrected chi connectivity index (χ2v) is 6.15. The fourth-order valence-electron chi connectivity index (χ4n) is 4.02. The van der Waals surface area contributed by atoms with E-state index in [1.807, 2.05) is 0 Å². The SMILES string of the molecule is CCC(CC)C(=O)N[C@H](C)[C@H]1C[C@H]2CC[C@H]1C2. The third-order valence-corrected chi connectivity index (χ3v) is 5.16. The lowest BCUT2D eigenvalue weighted by molar-refractivity contribution is -0.126. The Hall–Kier alpha value is -0.530. The van der Waals surface area contributed by atoms with Crippen molar-refractivity contribution in [3.8, 4) is 0 Å². The van der Waals surface area contributed by atoms with E-state index in [1.165, 1.54) is 25.7 Å². The van der Waals surface area contributed by atoms with Gasteiger partial charge < -0.3 is 5.32 Å². The van der Waals surface area contributed by atoms with Gasteiger partial charge in [0.15, 0.2) is 0 Å². The summed E-state index contributed by atoms with van der Waals surface area (Å²) in [7, 11) is 0. The van der Waals surface area contributed by atoms with Gasteiger partial charge >= 0.3 is 0 Å². The smallest absolute Gasteiger partial charge is 0.223 e. The number of fused-ring (bicyclic) bond motifs is 2. The Labute approximate surface area is 106 Å². The highest BCUT2D eigenvalue weighted by atomic mass is 16.1. The highest BCUT2D eigenvalue weighted by Gasteiger charge is 2.42. The lowest BCUT2D eigenvalue weighted by Gasteiger charge is -2.29.